The normalized spacial score (nSPS) is 23.8. The maximum absolute atomic E-state index is 13.4. The van der Waals surface area contributed by atoms with Crippen LogP contribution in [0.1, 0.15) is 31.4 Å². The van der Waals surface area contributed by atoms with Crippen molar-refractivity contribution in [2.45, 2.75) is 50.0 Å². The summed E-state index contributed by atoms with van der Waals surface area (Å²) < 4.78 is 40.3. The highest BCUT2D eigenvalue weighted by Gasteiger charge is 2.35. The minimum absolute atomic E-state index is 0.0168. The number of amides is 1. The van der Waals surface area contributed by atoms with Crippen molar-refractivity contribution in [3.05, 3.63) is 35.0 Å². The number of benzene rings is 1. The number of carbonyl (C=O) groups is 1. The van der Waals surface area contributed by atoms with Gasteiger partial charge in [0.05, 0.1) is 5.52 Å². The first-order valence-electron chi connectivity index (χ1n) is 10.3. The Morgan fingerprint density at radius 3 is 2.62 bits per heavy atom. The van der Waals surface area contributed by atoms with Crippen LogP contribution in [0.3, 0.4) is 0 Å². The van der Waals surface area contributed by atoms with E-state index in [1.54, 1.807) is 13.1 Å². The van der Waals surface area contributed by atoms with E-state index in [2.05, 4.69) is 15.6 Å². The van der Waals surface area contributed by atoms with Crippen molar-refractivity contribution in [2.24, 2.45) is 0 Å². The number of pyridine rings is 1. The molecular formula is C21H23ClF3N5OS. The summed E-state index contributed by atoms with van der Waals surface area (Å²) in [5.41, 5.74) is -0.231. The minimum Gasteiger partial charge on any atom is -0.371 e. The van der Waals surface area contributed by atoms with Gasteiger partial charge in [0.1, 0.15) is 11.7 Å². The second-order valence-electron chi connectivity index (χ2n) is 8.15. The number of carbonyl (C=O) groups excluding carboxylic acids is 1. The molecule has 3 N–H and O–H groups in total. The predicted molar refractivity (Wildman–Crippen MR) is 121 cm³/mol. The molecule has 2 fully saturated rings. The average Bonchev–Trinajstić information content (AvgIpc) is 3.19. The SMILES string of the molecule is CN(c1cc(C(F)(F)F)nc2ccc(Cl)cc12)[C@H]1CC[C@@H](NC(=O)C2CSC(=N)N2)CC1. The second-order valence-corrected chi connectivity index (χ2v) is 9.61. The van der Waals surface area contributed by atoms with Crippen molar-refractivity contribution in [3.63, 3.8) is 0 Å². The summed E-state index contributed by atoms with van der Waals surface area (Å²) in [6, 6.07) is 5.43. The van der Waals surface area contributed by atoms with Crippen LogP contribution in [0.2, 0.25) is 5.02 Å². The van der Waals surface area contributed by atoms with Gasteiger partial charge in [-0.1, -0.05) is 23.4 Å². The fraction of sp³-hybridized carbons (Fsp3) is 0.476. The highest BCUT2D eigenvalue weighted by Crippen LogP contribution is 2.37. The molecule has 1 saturated heterocycles. The molecule has 2 heterocycles. The summed E-state index contributed by atoms with van der Waals surface area (Å²) in [6.07, 6.45) is -1.62. The van der Waals surface area contributed by atoms with Crippen molar-refractivity contribution in [1.82, 2.24) is 15.6 Å². The molecule has 4 rings (SSSR count). The van der Waals surface area contributed by atoms with Crippen molar-refractivity contribution < 1.29 is 18.0 Å². The van der Waals surface area contributed by atoms with Crippen LogP contribution < -0.4 is 15.5 Å². The zero-order valence-electron chi connectivity index (χ0n) is 17.3. The Hall–Kier alpha value is -2.20. The number of nitrogens with one attached hydrogen (secondary N) is 3. The Kier molecular flexibility index (Phi) is 6.44. The molecule has 1 aromatic carbocycles. The van der Waals surface area contributed by atoms with Crippen LogP contribution in [-0.2, 0) is 11.0 Å². The first-order chi connectivity index (χ1) is 15.1. The van der Waals surface area contributed by atoms with E-state index in [4.69, 9.17) is 17.0 Å². The highest BCUT2D eigenvalue weighted by atomic mass is 35.5. The smallest absolute Gasteiger partial charge is 0.371 e. The molecule has 1 unspecified atom stereocenters. The molecule has 0 spiro atoms. The Morgan fingerprint density at radius 1 is 1.28 bits per heavy atom. The lowest BCUT2D eigenvalue weighted by Crippen LogP contribution is -2.49. The van der Waals surface area contributed by atoms with Gasteiger partial charge < -0.3 is 15.5 Å². The Balaban J connectivity index is 1.48. The van der Waals surface area contributed by atoms with Crippen LogP contribution in [0.5, 0.6) is 0 Å². The van der Waals surface area contributed by atoms with Gasteiger partial charge in [-0.25, -0.2) is 4.98 Å². The number of nitrogens with zero attached hydrogens (tertiary/aromatic N) is 2. The van der Waals surface area contributed by atoms with Crippen LogP contribution in [0.25, 0.3) is 10.9 Å². The number of fused-ring (bicyclic) bond motifs is 1. The van der Waals surface area contributed by atoms with Crippen LogP contribution in [-0.4, -0.2) is 47.0 Å². The highest BCUT2D eigenvalue weighted by molar-refractivity contribution is 8.14. The van der Waals surface area contributed by atoms with Gasteiger partial charge in [0.25, 0.3) is 0 Å². The standard InChI is InChI=1S/C21H23ClF3N5OS/c1-30(13-5-3-12(4-6-13)27-19(31)16-10-32-20(26)29-16)17-9-18(21(23,24)25)28-15-7-2-11(22)8-14(15)17/h2,7-9,12-13,16H,3-6,10H2,1H3,(H2,26,29)(H,27,31)/t12-,13+,16?. The Labute approximate surface area is 192 Å². The summed E-state index contributed by atoms with van der Waals surface area (Å²) >= 11 is 7.43. The van der Waals surface area contributed by atoms with Crippen LogP contribution in [0.4, 0.5) is 18.9 Å². The number of anilines is 1. The van der Waals surface area contributed by atoms with Gasteiger partial charge in [-0.3, -0.25) is 10.2 Å². The van der Waals surface area contributed by atoms with Gasteiger partial charge in [0, 0.05) is 41.0 Å². The summed E-state index contributed by atoms with van der Waals surface area (Å²) in [7, 11) is 1.80. The van der Waals surface area contributed by atoms with Crippen molar-refractivity contribution in [2.75, 3.05) is 17.7 Å². The van der Waals surface area contributed by atoms with E-state index in [9.17, 15) is 18.0 Å². The molecule has 1 aliphatic heterocycles. The van der Waals surface area contributed by atoms with Crippen LogP contribution >= 0.6 is 23.4 Å². The quantitative estimate of drug-likeness (QED) is 0.597. The van der Waals surface area contributed by atoms with E-state index < -0.39 is 11.9 Å². The molecule has 1 saturated carbocycles. The Morgan fingerprint density at radius 2 is 2.00 bits per heavy atom. The molecule has 32 heavy (non-hydrogen) atoms. The largest absolute Gasteiger partial charge is 0.433 e. The zero-order valence-corrected chi connectivity index (χ0v) is 18.9. The number of aromatic nitrogens is 1. The molecule has 1 amide bonds. The molecule has 0 radical (unpaired) electrons. The van der Waals surface area contributed by atoms with Gasteiger partial charge in [-0.2, -0.15) is 13.2 Å². The van der Waals surface area contributed by atoms with Gasteiger partial charge in [0.2, 0.25) is 5.91 Å². The number of amidine groups is 1. The molecule has 1 aromatic heterocycles. The molecule has 6 nitrogen and oxygen atoms in total. The summed E-state index contributed by atoms with van der Waals surface area (Å²) in [6.45, 7) is 0. The predicted octanol–water partition coefficient (Wildman–Crippen LogP) is 4.41. The van der Waals surface area contributed by atoms with Gasteiger partial charge in [-0.05, 0) is 49.9 Å². The lowest BCUT2D eigenvalue weighted by Gasteiger charge is -2.37. The fourth-order valence-corrected chi connectivity index (χ4v) is 5.24. The van der Waals surface area contributed by atoms with E-state index in [1.165, 1.54) is 23.9 Å². The Bertz CT molecular complexity index is 1040. The number of halogens is 4. The lowest BCUT2D eigenvalue weighted by molar-refractivity contribution is -0.140. The fourth-order valence-electron chi connectivity index (χ4n) is 4.27. The summed E-state index contributed by atoms with van der Waals surface area (Å²) in [5.74, 6) is 0.434. The molecular weight excluding hydrogens is 463 g/mol. The minimum atomic E-state index is -4.55. The number of rotatable bonds is 4. The van der Waals surface area contributed by atoms with E-state index in [-0.39, 0.29) is 29.5 Å². The van der Waals surface area contributed by atoms with Crippen molar-refractivity contribution >= 4 is 51.0 Å². The first kappa shape index (κ1) is 23.0. The number of alkyl halides is 3. The van der Waals surface area contributed by atoms with Gasteiger partial charge in [-0.15, -0.1) is 0 Å². The first-order valence-corrected chi connectivity index (χ1v) is 11.7. The monoisotopic (exact) mass is 485 g/mol. The lowest BCUT2D eigenvalue weighted by atomic mass is 9.89. The molecule has 2 aromatic rings. The summed E-state index contributed by atoms with van der Waals surface area (Å²) in [5, 5.41) is 14.8. The molecule has 1 aliphatic carbocycles. The van der Waals surface area contributed by atoms with Crippen LogP contribution in [0.15, 0.2) is 24.3 Å². The molecule has 11 heteroatoms. The van der Waals surface area contributed by atoms with E-state index in [0.29, 0.717) is 27.0 Å². The maximum atomic E-state index is 13.4. The van der Waals surface area contributed by atoms with Gasteiger partial charge in [0.15, 0.2) is 5.17 Å². The number of thioether (sulfide) groups is 1. The topological polar surface area (TPSA) is 81.1 Å². The van der Waals surface area contributed by atoms with Crippen molar-refractivity contribution in [1.29, 1.82) is 5.41 Å². The van der Waals surface area contributed by atoms with E-state index in [1.807, 2.05) is 4.90 Å². The van der Waals surface area contributed by atoms with E-state index >= 15 is 0 Å². The molecule has 1 atom stereocenters. The third kappa shape index (κ3) is 4.91. The molecule has 172 valence electrons. The number of hydrogen-bond acceptors (Lipinski definition) is 5. The third-order valence-corrected chi connectivity index (χ3v) is 7.17. The zero-order chi connectivity index (χ0) is 23.0. The molecule has 2 aliphatic rings. The number of hydrogen-bond donors (Lipinski definition) is 3. The second kappa shape index (κ2) is 8.97. The maximum Gasteiger partial charge on any atom is 0.433 e. The summed E-state index contributed by atoms with van der Waals surface area (Å²) in [4.78, 5) is 18.0. The van der Waals surface area contributed by atoms with Crippen molar-refractivity contribution in [3.8, 4) is 0 Å². The average molecular weight is 486 g/mol. The van der Waals surface area contributed by atoms with E-state index in [0.717, 1.165) is 31.7 Å². The van der Waals surface area contributed by atoms with Gasteiger partial charge >= 0.3 is 6.18 Å². The third-order valence-electron chi connectivity index (χ3n) is 6.03. The van der Waals surface area contributed by atoms with Crippen LogP contribution in [0, 0.1) is 5.41 Å². The molecule has 0 bridgehead atoms.